The first kappa shape index (κ1) is 12.9. The first-order valence-electron chi connectivity index (χ1n) is 6.00. The van der Waals surface area contributed by atoms with E-state index in [9.17, 15) is 4.39 Å². The number of halogens is 3. The van der Waals surface area contributed by atoms with Crippen molar-refractivity contribution in [2.24, 2.45) is 0 Å². The van der Waals surface area contributed by atoms with Gasteiger partial charge in [-0.3, -0.25) is 0 Å². The Labute approximate surface area is 124 Å². The van der Waals surface area contributed by atoms with Crippen LogP contribution >= 0.6 is 27.5 Å². The minimum absolute atomic E-state index is 0.300. The largest absolute Gasteiger partial charge is 0.493 e. The summed E-state index contributed by atoms with van der Waals surface area (Å²) in [6.45, 7) is 0.707. The van der Waals surface area contributed by atoms with Gasteiger partial charge in [0.1, 0.15) is 11.6 Å². The minimum atomic E-state index is -0.487. The third kappa shape index (κ3) is 2.49. The molecule has 2 aromatic rings. The third-order valence-electron chi connectivity index (χ3n) is 3.24. The molecule has 0 aliphatic carbocycles. The molecule has 1 unspecified atom stereocenters. The van der Waals surface area contributed by atoms with E-state index in [4.69, 9.17) is 16.3 Å². The van der Waals surface area contributed by atoms with E-state index < -0.39 is 5.38 Å². The van der Waals surface area contributed by atoms with Gasteiger partial charge in [-0.25, -0.2) is 4.39 Å². The minimum Gasteiger partial charge on any atom is -0.493 e. The fourth-order valence-electron chi connectivity index (χ4n) is 2.25. The van der Waals surface area contributed by atoms with E-state index in [1.54, 1.807) is 12.1 Å². The molecule has 0 fully saturated rings. The molecule has 0 spiro atoms. The van der Waals surface area contributed by atoms with E-state index in [-0.39, 0.29) is 5.82 Å². The Balaban J connectivity index is 1.97. The molecule has 0 amide bonds. The molecule has 98 valence electrons. The summed E-state index contributed by atoms with van der Waals surface area (Å²) in [5, 5.41) is -0.487. The molecule has 0 bridgehead atoms. The number of fused-ring (bicyclic) bond motifs is 1. The van der Waals surface area contributed by atoms with Crippen molar-refractivity contribution in [3.8, 4) is 5.75 Å². The summed E-state index contributed by atoms with van der Waals surface area (Å²) in [6, 6.07) is 10.7. The molecule has 4 heteroatoms. The fraction of sp³-hybridized carbons (Fsp3) is 0.200. The molecule has 2 aromatic carbocycles. The molecule has 1 aliphatic heterocycles. The molecule has 1 nitrogen and oxygen atoms in total. The average molecular weight is 342 g/mol. The first-order valence-corrected chi connectivity index (χ1v) is 7.23. The number of hydrogen-bond acceptors (Lipinski definition) is 1. The summed E-state index contributed by atoms with van der Waals surface area (Å²) in [5.41, 5.74) is 2.52. The standard InChI is InChI=1S/C15H11BrClFO/c16-11-2-3-12(13(18)8-11)15(17)10-1-4-14-9(7-10)5-6-19-14/h1-4,7-8,15H,5-6H2. The van der Waals surface area contributed by atoms with Crippen LogP contribution in [0.4, 0.5) is 4.39 Å². The quantitative estimate of drug-likeness (QED) is 0.709. The second-order valence-electron chi connectivity index (χ2n) is 4.49. The molecule has 19 heavy (non-hydrogen) atoms. The third-order valence-corrected chi connectivity index (χ3v) is 4.22. The van der Waals surface area contributed by atoms with Crippen molar-refractivity contribution in [3.63, 3.8) is 0 Å². The van der Waals surface area contributed by atoms with E-state index >= 15 is 0 Å². The first-order chi connectivity index (χ1) is 9.15. The van der Waals surface area contributed by atoms with E-state index in [2.05, 4.69) is 15.9 Å². The van der Waals surface area contributed by atoms with Gasteiger partial charge in [0.2, 0.25) is 0 Å². The van der Waals surface area contributed by atoms with Gasteiger partial charge >= 0.3 is 0 Å². The van der Waals surface area contributed by atoms with Gasteiger partial charge < -0.3 is 4.74 Å². The lowest BCUT2D eigenvalue weighted by atomic mass is 10.0. The molecule has 0 N–H and O–H groups in total. The highest BCUT2D eigenvalue weighted by molar-refractivity contribution is 9.10. The van der Waals surface area contributed by atoms with E-state index in [0.29, 0.717) is 16.6 Å². The van der Waals surface area contributed by atoms with Crippen molar-refractivity contribution in [1.82, 2.24) is 0 Å². The van der Waals surface area contributed by atoms with Crippen LogP contribution in [0.3, 0.4) is 0 Å². The van der Waals surface area contributed by atoms with Crippen molar-refractivity contribution in [2.75, 3.05) is 6.61 Å². The van der Waals surface area contributed by atoms with Crippen LogP contribution in [0.25, 0.3) is 0 Å². The number of ether oxygens (including phenoxy) is 1. The lowest BCUT2D eigenvalue weighted by molar-refractivity contribution is 0.357. The van der Waals surface area contributed by atoms with Crippen LogP contribution in [-0.4, -0.2) is 6.61 Å². The zero-order chi connectivity index (χ0) is 13.4. The Morgan fingerprint density at radius 1 is 1.21 bits per heavy atom. The van der Waals surface area contributed by atoms with Gasteiger partial charge in [0.25, 0.3) is 0 Å². The van der Waals surface area contributed by atoms with Crippen molar-refractivity contribution >= 4 is 27.5 Å². The molecule has 0 radical (unpaired) electrons. The number of hydrogen-bond donors (Lipinski definition) is 0. The molecule has 0 saturated heterocycles. The molecule has 0 aromatic heterocycles. The van der Waals surface area contributed by atoms with E-state index in [1.807, 2.05) is 18.2 Å². The highest BCUT2D eigenvalue weighted by Gasteiger charge is 2.19. The Hall–Kier alpha value is -1.06. The molecule has 1 aliphatic rings. The maximum atomic E-state index is 13.9. The maximum Gasteiger partial charge on any atom is 0.129 e. The summed E-state index contributed by atoms with van der Waals surface area (Å²) >= 11 is 9.64. The molecule has 3 rings (SSSR count). The van der Waals surface area contributed by atoms with Gasteiger partial charge in [0.05, 0.1) is 12.0 Å². The fourth-order valence-corrected chi connectivity index (χ4v) is 2.90. The summed E-state index contributed by atoms with van der Waals surface area (Å²) in [6.07, 6.45) is 0.885. The van der Waals surface area contributed by atoms with E-state index in [0.717, 1.165) is 23.3 Å². The summed E-state index contributed by atoms with van der Waals surface area (Å²) in [4.78, 5) is 0. The SMILES string of the molecule is Fc1cc(Br)ccc1C(Cl)c1ccc2c(c1)CCO2. The van der Waals surface area contributed by atoms with E-state index in [1.165, 1.54) is 6.07 Å². The zero-order valence-corrected chi connectivity index (χ0v) is 12.3. The van der Waals surface area contributed by atoms with Gasteiger partial charge in [0, 0.05) is 16.5 Å². The van der Waals surface area contributed by atoms with Gasteiger partial charge in [-0.2, -0.15) is 0 Å². The monoisotopic (exact) mass is 340 g/mol. The second kappa shape index (κ2) is 5.14. The van der Waals surface area contributed by atoms with Crippen LogP contribution < -0.4 is 4.74 Å². The van der Waals surface area contributed by atoms with Gasteiger partial charge in [-0.1, -0.05) is 34.1 Å². The van der Waals surface area contributed by atoms with Gasteiger partial charge in [0.15, 0.2) is 0 Å². The lowest BCUT2D eigenvalue weighted by Gasteiger charge is -2.12. The predicted molar refractivity (Wildman–Crippen MR) is 77.4 cm³/mol. The van der Waals surface area contributed by atoms with Crippen LogP contribution in [0, 0.1) is 5.82 Å². The van der Waals surface area contributed by atoms with Crippen molar-refractivity contribution < 1.29 is 9.13 Å². The molecule has 1 atom stereocenters. The molecular formula is C15H11BrClFO. The van der Waals surface area contributed by atoms with Crippen molar-refractivity contribution in [2.45, 2.75) is 11.8 Å². The average Bonchev–Trinajstić information content (AvgIpc) is 2.85. The number of benzene rings is 2. The summed E-state index contributed by atoms with van der Waals surface area (Å²) in [5.74, 6) is 0.606. The lowest BCUT2D eigenvalue weighted by Crippen LogP contribution is -1.97. The van der Waals surface area contributed by atoms with Crippen molar-refractivity contribution in [1.29, 1.82) is 0 Å². The predicted octanol–water partition coefficient (Wildman–Crippen LogP) is 4.85. The van der Waals surface area contributed by atoms with Crippen LogP contribution in [-0.2, 0) is 6.42 Å². The second-order valence-corrected chi connectivity index (χ2v) is 5.85. The molecule has 1 heterocycles. The van der Waals surface area contributed by atoms with Crippen LogP contribution in [0.5, 0.6) is 5.75 Å². The Morgan fingerprint density at radius 2 is 2.05 bits per heavy atom. The highest BCUT2D eigenvalue weighted by atomic mass is 79.9. The van der Waals surface area contributed by atoms with Crippen LogP contribution in [0.15, 0.2) is 40.9 Å². The van der Waals surface area contributed by atoms with Gasteiger partial charge in [-0.15, -0.1) is 11.6 Å². The molecular weight excluding hydrogens is 331 g/mol. The van der Waals surface area contributed by atoms with Crippen LogP contribution in [0.1, 0.15) is 22.1 Å². The number of alkyl halides is 1. The topological polar surface area (TPSA) is 9.23 Å². The smallest absolute Gasteiger partial charge is 0.129 e. The molecule has 0 saturated carbocycles. The Morgan fingerprint density at radius 3 is 2.84 bits per heavy atom. The zero-order valence-electron chi connectivity index (χ0n) is 10.00. The number of rotatable bonds is 2. The summed E-state index contributed by atoms with van der Waals surface area (Å²) in [7, 11) is 0. The summed E-state index contributed by atoms with van der Waals surface area (Å²) < 4.78 is 20.1. The normalized spacial score (nSPS) is 14.9. The van der Waals surface area contributed by atoms with Gasteiger partial charge in [-0.05, 0) is 29.3 Å². The Bertz CT molecular complexity index is 630. The maximum absolute atomic E-state index is 13.9. The Kier molecular flexibility index (Phi) is 3.50. The highest BCUT2D eigenvalue weighted by Crippen LogP contribution is 2.35. The van der Waals surface area contributed by atoms with Crippen LogP contribution in [0.2, 0.25) is 0 Å². The van der Waals surface area contributed by atoms with Crippen molar-refractivity contribution in [3.05, 3.63) is 63.4 Å².